The largest absolute Gasteiger partial charge is 0.335 e. The van der Waals surface area contributed by atoms with Crippen molar-refractivity contribution in [3.8, 4) is 17.3 Å². The van der Waals surface area contributed by atoms with Gasteiger partial charge < -0.3 is 0 Å². The van der Waals surface area contributed by atoms with Gasteiger partial charge in [0.2, 0.25) is 11.8 Å². The average molecular weight is 501 g/mol. The van der Waals surface area contributed by atoms with Crippen LogP contribution in [0.15, 0.2) is 58.9 Å². The Morgan fingerprint density at radius 2 is 2.14 bits per heavy atom. The number of H-pyrrole nitrogens is 1. The molecule has 0 saturated carbocycles. The molecule has 5 rings (SSSR count). The molecule has 4 aromatic rings. The summed E-state index contributed by atoms with van der Waals surface area (Å²) in [7, 11) is 0. The first-order valence-corrected chi connectivity index (χ1v) is 12.8. The molecule has 1 N–H and O–H groups in total. The number of aromatic nitrogens is 9. The fourth-order valence-electron chi connectivity index (χ4n) is 4.78. The Morgan fingerprint density at radius 1 is 1.24 bits per heavy atom. The van der Waals surface area contributed by atoms with Crippen LogP contribution in [0.3, 0.4) is 0 Å². The van der Waals surface area contributed by atoms with Crippen molar-refractivity contribution < 1.29 is 0 Å². The summed E-state index contributed by atoms with van der Waals surface area (Å²) in [5.41, 5.74) is 2.31. The lowest BCUT2D eigenvalue weighted by Crippen LogP contribution is -2.37. The zero-order chi connectivity index (χ0) is 25.8. The topological polar surface area (TPSA) is 124 Å². The van der Waals surface area contributed by atoms with E-state index in [1.54, 1.807) is 4.57 Å². The first-order valence-electron chi connectivity index (χ1n) is 12.8. The van der Waals surface area contributed by atoms with Crippen molar-refractivity contribution in [3.05, 3.63) is 70.8 Å². The number of rotatable bonds is 10. The molecule has 1 aliphatic rings. The predicted molar refractivity (Wildman–Crippen MR) is 141 cm³/mol. The van der Waals surface area contributed by atoms with Crippen LogP contribution in [-0.4, -0.2) is 50.7 Å². The fraction of sp³-hybridized carbons (Fsp3) is 0.423. The van der Waals surface area contributed by atoms with Gasteiger partial charge in [0.25, 0.3) is 0 Å². The number of benzene rings is 1. The number of aromatic amines is 1. The summed E-state index contributed by atoms with van der Waals surface area (Å²) in [6, 6.07) is 8.23. The van der Waals surface area contributed by atoms with Gasteiger partial charge >= 0.3 is 5.69 Å². The summed E-state index contributed by atoms with van der Waals surface area (Å²) < 4.78 is 5.37. The number of nitrogens with zero attached hydrogens (tertiary/aromatic N) is 9. The van der Waals surface area contributed by atoms with E-state index >= 15 is 0 Å². The number of aryl methyl sites for hydroxylation is 1. The molecular weight excluding hydrogens is 468 g/mol. The predicted octanol–water partition coefficient (Wildman–Crippen LogP) is 3.65. The minimum atomic E-state index is -0.469. The molecule has 0 radical (unpaired) electrons. The van der Waals surface area contributed by atoms with E-state index < -0.39 is 5.41 Å². The number of hydrogen-bond donors (Lipinski definition) is 1. The Balaban J connectivity index is 1.60. The first-order chi connectivity index (χ1) is 18.1. The Morgan fingerprint density at radius 3 is 2.86 bits per heavy atom. The zero-order valence-electron chi connectivity index (χ0n) is 21.4. The summed E-state index contributed by atoms with van der Waals surface area (Å²) in [6.45, 7) is 6.80. The maximum absolute atomic E-state index is 14.0. The Bertz CT molecular complexity index is 1460. The summed E-state index contributed by atoms with van der Waals surface area (Å²) in [4.78, 5) is 22.8. The Labute approximate surface area is 215 Å². The Hall–Kier alpha value is -4.15. The van der Waals surface area contributed by atoms with E-state index in [1.165, 1.54) is 6.33 Å². The van der Waals surface area contributed by atoms with Crippen LogP contribution in [0.5, 0.6) is 0 Å². The highest BCUT2D eigenvalue weighted by Crippen LogP contribution is 2.35. The summed E-state index contributed by atoms with van der Waals surface area (Å²) >= 11 is 0. The smallest absolute Gasteiger partial charge is 0.295 e. The van der Waals surface area contributed by atoms with Crippen LogP contribution in [0, 0.1) is 0 Å². The molecule has 3 aromatic heterocycles. The van der Waals surface area contributed by atoms with Gasteiger partial charge in [0, 0.05) is 41.8 Å². The van der Waals surface area contributed by atoms with Crippen molar-refractivity contribution in [2.75, 3.05) is 0 Å². The molecule has 2 unspecified atom stereocenters. The van der Waals surface area contributed by atoms with Crippen LogP contribution < -0.4 is 5.69 Å². The third-order valence-corrected chi connectivity index (χ3v) is 7.15. The number of tetrazole rings is 1. The minimum Gasteiger partial charge on any atom is -0.295 e. The fourth-order valence-corrected chi connectivity index (χ4v) is 4.78. The van der Waals surface area contributed by atoms with E-state index in [-0.39, 0.29) is 11.7 Å². The molecule has 0 spiro atoms. The maximum atomic E-state index is 14.0. The highest BCUT2D eigenvalue weighted by Gasteiger charge is 2.33. The average Bonchev–Trinajstić information content (AvgIpc) is 3.70. The van der Waals surface area contributed by atoms with Gasteiger partial charge in [0.05, 0.1) is 6.04 Å². The third-order valence-electron chi connectivity index (χ3n) is 7.15. The molecule has 11 nitrogen and oxygen atoms in total. The molecule has 4 heterocycles. The second-order valence-corrected chi connectivity index (χ2v) is 9.55. The molecule has 0 saturated heterocycles. The highest BCUT2D eigenvalue weighted by molar-refractivity contribution is 5.65. The number of nitrogens with one attached hydrogen (secondary N) is 1. The van der Waals surface area contributed by atoms with E-state index in [4.69, 9.17) is 0 Å². The molecule has 0 bridgehead atoms. The molecular formula is C26H32N10O. The summed E-state index contributed by atoms with van der Waals surface area (Å²) in [6.07, 6.45) is 13.6. The van der Waals surface area contributed by atoms with Crippen LogP contribution in [-0.2, 0) is 18.4 Å². The number of unbranched alkanes of at least 4 members (excludes halogenated alkanes) is 1. The molecule has 11 heteroatoms. The summed E-state index contributed by atoms with van der Waals surface area (Å²) in [5, 5.41) is 18.9. The van der Waals surface area contributed by atoms with E-state index in [0.717, 1.165) is 42.5 Å². The lowest BCUT2D eigenvalue weighted by atomic mass is 9.76. The van der Waals surface area contributed by atoms with Crippen molar-refractivity contribution in [2.24, 2.45) is 4.99 Å². The molecule has 192 valence electrons. The second kappa shape index (κ2) is 10.5. The van der Waals surface area contributed by atoms with Gasteiger partial charge in [-0.25, -0.2) is 14.0 Å². The van der Waals surface area contributed by atoms with Crippen LogP contribution >= 0.6 is 0 Å². The molecule has 0 fully saturated rings. The molecule has 2 atom stereocenters. The van der Waals surface area contributed by atoms with Gasteiger partial charge in [-0.15, -0.1) is 10.2 Å². The van der Waals surface area contributed by atoms with Crippen LogP contribution in [0.1, 0.15) is 63.8 Å². The van der Waals surface area contributed by atoms with Gasteiger partial charge in [0.1, 0.15) is 6.33 Å². The van der Waals surface area contributed by atoms with Crippen molar-refractivity contribution >= 4 is 6.21 Å². The van der Waals surface area contributed by atoms with Gasteiger partial charge in [-0.05, 0) is 49.5 Å². The lowest BCUT2D eigenvalue weighted by molar-refractivity contribution is 0.435. The standard InChI is InChI=1S/C26H32N10O/c1-4-6-10-22-16-34(24-28-18-29-36(24)19(3)5-2)25(37)35(22)17-26(11-13-27-14-12-26)21-9-7-8-20(15-21)23-30-32-33-31-23/h7-9,11,13-16,18-19H,4-6,10,12,17H2,1-3H3,(H,30,31,32,33). The highest BCUT2D eigenvalue weighted by atomic mass is 16.2. The first kappa shape index (κ1) is 24.5. The Kier molecular flexibility index (Phi) is 6.93. The zero-order valence-corrected chi connectivity index (χ0v) is 21.4. The van der Waals surface area contributed by atoms with Gasteiger partial charge in [0.15, 0.2) is 0 Å². The SMILES string of the molecule is CCCCc1cn(-c2ncnn2C(C)CC)c(=O)n1CC1(c2cccc(-c3nn[nH]n3)c2)C=CN=CC1. The van der Waals surface area contributed by atoms with E-state index in [0.29, 0.717) is 24.7 Å². The second-order valence-electron chi connectivity index (χ2n) is 9.55. The number of hydrogen-bond acceptors (Lipinski definition) is 7. The molecule has 1 aliphatic heterocycles. The number of aliphatic imine (C=N–C) groups is 1. The van der Waals surface area contributed by atoms with E-state index in [2.05, 4.69) is 74.7 Å². The van der Waals surface area contributed by atoms with Gasteiger partial charge in [-0.3, -0.25) is 9.56 Å². The van der Waals surface area contributed by atoms with Gasteiger partial charge in [-0.2, -0.15) is 15.3 Å². The van der Waals surface area contributed by atoms with Crippen molar-refractivity contribution in [1.82, 2.24) is 44.5 Å². The normalized spacial score (nSPS) is 17.9. The van der Waals surface area contributed by atoms with Crippen molar-refractivity contribution in [1.29, 1.82) is 0 Å². The van der Waals surface area contributed by atoms with Gasteiger partial charge in [-0.1, -0.05) is 44.5 Å². The van der Waals surface area contributed by atoms with Crippen LogP contribution in [0.4, 0.5) is 0 Å². The molecule has 0 amide bonds. The quantitative estimate of drug-likeness (QED) is 0.354. The lowest BCUT2D eigenvalue weighted by Gasteiger charge is -2.32. The number of imidazole rings is 1. The number of allylic oxidation sites excluding steroid dienone is 1. The molecule has 0 aliphatic carbocycles. The molecule has 37 heavy (non-hydrogen) atoms. The monoisotopic (exact) mass is 500 g/mol. The minimum absolute atomic E-state index is 0.117. The molecule has 1 aromatic carbocycles. The van der Waals surface area contributed by atoms with E-state index in [9.17, 15) is 4.79 Å². The van der Waals surface area contributed by atoms with Crippen molar-refractivity contribution in [3.63, 3.8) is 0 Å². The maximum Gasteiger partial charge on any atom is 0.335 e. The van der Waals surface area contributed by atoms with Crippen molar-refractivity contribution in [2.45, 2.75) is 70.9 Å². The van der Waals surface area contributed by atoms with Crippen LogP contribution in [0.25, 0.3) is 17.3 Å². The van der Waals surface area contributed by atoms with E-state index in [1.807, 2.05) is 40.0 Å². The van der Waals surface area contributed by atoms with Crippen LogP contribution in [0.2, 0.25) is 0 Å². The third kappa shape index (κ3) is 4.68. The summed E-state index contributed by atoms with van der Waals surface area (Å²) in [5.74, 6) is 1.08.